The number of hydrogen-bond donors (Lipinski definition) is 2. The van der Waals surface area contributed by atoms with Crippen molar-refractivity contribution in [2.45, 2.75) is 26.8 Å². The van der Waals surface area contributed by atoms with E-state index in [4.69, 9.17) is 9.47 Å². The van der Waals surface area contributed by atoms with Crippen molar-refractivity contribution in [3.63, 3.8) is 0 Å². The Bertz CT molecular complexity index is 518. The first-order chi connectivity index (χ1) is 12.5. The van der Waals surface area contributed by atoms with Gasteiger partial charge in [0.2, 0.25) is 0 Å². The molecule has 0 aliphatic rings. The molecule has 0 unspecified atom stereocenters. The summed E-state index contributed by atoms with van der Waals surface area (Å²) in [6.07, 6.45) is 1.10. The van der Waals surface area contributed by atoms with Crippen LogP contribution in [0.4, 0.5) is 0 Å². The van der Waals surface area contributed by atoms with Gasteiger partial charge in [0.15, 0.2) is 5.96 Å². The number of rotatable bonds is 12. The highest BCUT2D eigenvalue weighted by Gasteiger charge is 2.01. The summed E-state index contributed by atoms with van der Waals surface area (Å²) in [5.74, 6) is 2.35. The first kappa shape index (κ1) is 22.3. The van der Waals surface area contributed by atoms with Gasteiger partial charge in [-0.3, -0.25) is 4.99 Å². The van der Waals surface area contributed by atoms with Crippen LogP contribution >= 0.6 is 0 Å². The van der Waals surface area contributed by atoms with Crippen LogP contribution in [0, 0.1) is 5.92 Å². The number of benzene rings is 1. The van der Waals surface area contributed by atoms with Crippen LogP contribution in [0.15, 0.2) is 29.3 Å². The molecule has 26 heavy (non-hydrogen) atoms. The van der Waals surface area contributed by atoms with Gasteiger partial charge in [0.25, 0.3) is 0 Å². The minimum absolute atomic E-state index is 0.681. The molecule has 0 bridgehead atoms. The van der Waals surface area contributed by atoms with E-state index in [0.717, 1.165) is 43.4 Å². The maximum atomic E-state index is 5.78. The highest BCUT2D eigenvalue weighted by Crippen LogP contribution is 2.13. The van der Waals surface area contributed by atoms with Crippen LogP contribution in [0.2, 0.25) is 0 Å². The molecule has 2 N–H and O–H groups in total. The second kappa shape index (κ2) is 13.4. The molecule has 6 heteroatoms. The average Bonchev–Trinajstić information content (AvgIpc) is 2.60. The molecule has 0 fully saturated rings. The number of nitrogens with one attached hydrogen (secondary N) is 2. The molecule has 1 aromatic carbocycles. The van der Waals surface area contributed by atoms with Crippen LogP contribution in [0.25, 0.3) is 0 Å². The van der Waals surface area contributed by atoms with Crippen LogP contribution in [0.1, 0.15) is 25.8 Å². The van der Waals surface area contributed by atoms with Gasteiger partial charge in [0.1, 0.15) is 12.4 Å². The summed E-state index contributed by atoms with van der Waals surface area (Å²) >= 11 is 0. The number of hydrogen-bond acceptors (Lipinski definition) is 4. The Balaban J connectivity index is 2.28. The zero-order chi connectivity index (χ0) is 19.2. The van der Waals surface area contributed by atoms with Gasteiger partial charge in [-0.25, -0.2) is 0 Å². The first-order valence-electron chi connectivity index (χ1n) is 9.40. The molecular formula is C20H36N4O2. The summed E-state index contributed by atoms with van der Waals surface area (Å²) in [6.45, 7) is 8.92. The molecule has 0 amide bonds. The van der Waals surface area contributed by atoms with Crippen LogP contribution in [-0.2, 0) is 11.3 Å². The summed E-state index contributed by atoms with van der Waals surface area (Å²) in [4.78, 5) is 6.35. The zero-order valence-corrected chi connectivity index (χ0v) is 17.0. The van der Waals surface area contributed by atoms with Crippen LogP contribution in [0.5, 0.6) is 5.75 Å². The third-order valence-electron chi connectivity index (χ3n) is 3.77. The van der Waals surface area contributed by atoms with Gasteiger partial charge >= 0.3 is 0 Å². The summed E-state index contributed by atoms with van der Waals surface area (Å²) in [7, 11) is 5.85. The van der Waals surface area contributed by atoms with E-state index in [2.05, 4.69) is 46.5 Å². The molecule has 0 atom stereocenters. The maximum absolute atomic E-state index is 5.78. The van der Waals surface area contributed by atoms with Crippen molar-refractivity contribution in [3.8, 4) is 5.75 Å². The highest BCUT2D eigenvalue weighted by molar-refractivity contribution is 5.79. The fourth-order valence-corrected chi connectivity index (χ4v) is 2.16. The molecule has 0 aliphatic carbocycles. The van der Waals surface area contributed by atoms with Crippen molar-refractivity contribution < 1.29 is 9.47 Å². The molecule has 6 nitrogen and oxygen atoms in total. The van der Waals surface area contributed by atoms with Crippen LogP contribution < -0.4 is 15.4 Å². The van der Waals surface area contributed by atoms with E-state index in [0.29, 0.717) is 25.7 Å². The van der Waals surface area contributed by atoms with Gasteiger partial charge in [0, 0.05) is 33.3 Å². The topological polar surface area (TPSA) is 58.1 Å². The molecule has 0 radical (unpaired) electrons. The first-order valence-corrected chi connectivity index (χ1v) is 9.40. The average molecular weight is 365 g/mol. The van der Waals surface area contributed by atoms with Crippen LogP contribution in [0.3, 0.4) is 0 Å². The predicted octanol–water partition coefficient (Wildman–Crippen LogP) is 2.35. The summed E-state index contributed by atoms with van der Waals surface area (Å²) in [5.41, 5.74) is 1.16. The molecule has 0 aliphatic heterocycles. The third kappa shape index (κ3) is 10.9. The van der Waals surface area contributed by atoms with Crippen molar-refractivity contribution in [2.75, 3.05) is 54.1 Å². The van der Waals surface area contributed by atoms with Gasteiger partial charge in [-0.15, -0.1) is 0 Å². The maximum Gasteiger partial charge on any atom is 0.191 e. The summed E-state index contributed by atoms with van der Waals surface area (Å²) < 4.78 is 11.4. The van der Waals surface area contributed by atoms with Gasteiger partial charge in [-0.05, 0) is 44.1 Å². The van der Waals surface area contributed by atoms with Crippen molar-refractivity contribution in [1.82, 2.24) is 15.5 Å². The smallest absolute Gasteiger partial charge is 0.191 e. The fraction of sp³-hybridized carbons (Fsp3) is 0.650. The summed E-state index contributed by atoms with van der Waals surface area (Å²) in [5, 5.41) is 6.58. The molecule has 0 spiro atoms. The normalized spacial score (nSPS) is 11.9. The molecule has 1 aromatic rings. The lowest BCUT2D eigenvalue weighted by atomic mass is 10.1. The summed E-state index contributed by atoms with van der Waals surface area (Å²) in [6, 6.07) is 8.14. The van der Waals surface area contributed by atoms with Gasteiger partial charge < -0.3 is 25.0 Å². The Hall–Kier alpha value is -1.79. The number of likely N-dealkylation sites (N-methyl/N-ethyl adjacent to an activating group) is 1. The monoisotopic (exact) mass is 364 g/mol. The predicted molar refractivity (Wildman–Crippen MR) is 109 cm³/mol. The van der Waals surface area contributed by atoms with Gasteiger partial charge in [0.05, 0.1) is 6.61 Å². The van der Waals surface area contributed by atoms with E-state index >= 15 is 0 Å². The molecule has 148 valence electrons. The zero-order valence-electron chi connectivity index (χ0n) is 17.0. The lowest BCUT2D eigenvalue weighted by molar-refractivity contribution is 0.128. The standard InChI is InChI=1S/C20H36N4O2/c1-17(2)9-12-25-13-10-22-20(21-3)23-16-18-7-6-8-19(15-18)26-14-11-24(4)5/h6-8,15,17H,9-14,16H2,1-5H3,(H2,21,22,23). The Kier molecular flexibility index (Phi) is 11.5. The number of guanidine groups is 1. The second-order valence-corrected chi connectivity index (χ2v) is 6.95. The largest absolute Gasteiger partial charge is 0.492 e. The van der Waals surface area contributed by atoms with E-state index in [1.165, 1.54) is 0 Å². The lowest BCUT2D eigenvalue weighted by Gasteiger charge is -2.14. The Morgan fingerprint density at radius 3 is 2.65 bits per heavy atom. The van der Waals surface area contributed by atoms with E-state index in [1.54, 1.807) is 7.05 Å². The van der Waals surface area contributed by atoms with E-state index < -0.39 is 0 Å². The number of nitrogens with zero attached hydrogens (tertiary/aromatic N) is 2. The third-order valence-corrected chi connectivity index (χ3v) is 3.77. The second-order valence-electron chi connectivity index (χ2n) is 6.95. The highest BCUT2D eigenvalue weighted by atomic mass is 16.5. The molecular weight excluding hydrogens is 328 g/mol. The van der Waals surface area contributed by atoms with Crippen LogP contribution in [-0.4, -0.2) is 64.9 Å². The van der Waals surface area contributed by atoms with Crippen molar-refractivity contribution >= 4 is 5.96 Å². The minimum Gasteiger partial charge on any atom is -0.492 e. The Morgan fingerprint density at radius 2 is 1.96 bits per heavy atom. The lowest BCUT2D eigenvalue weighted by Crippen LogP contribution is -2.38. The Labute approximate surface area is 159 Å². The quantitative estimate of drug-likeness (QED) is 0.339. The van der Waals surface area contributed by atoms with E-state index in [1.807, 2.05) is 26.2 Å². The SMILES string of the molecule is CN=C(NCCOCCC(C)C)NCc1cccc(OCCN(C)C)c1. The van der Waals surface area contributed by atoms with E-state index in [-0.39, 0.29) is 0 Å². The van der Waals surface area contributed by atoms with Crippen molar-refractivity contribution in [1.29, 1.82) is 0 Å². The molecule has 0 heterocycles. The Morgan fingerprint density at radius 1 is 1.15 bits per heavy atom. The van der Waals surface area contributed by atoms with Gasteiger partial charge in [-0.1, -0.05) is 26.0 Å². The molecule has 1 rings (SSSR count). The van der Waals surface area contributed by atoms with Crippen molar-refractivity contribution in [2.24, 2.45) is 10.9 Å². The van der Waals surface area contributed by atoms with Crippen molar-refractivity contribution in [3.05, 3.63) is 29.8 Å². The van der Waals surface area contributed by atoms with Gasteiger partial charge in [-0.2, -0.15) is 0 Å². The minimum atomic E-state index is 0.681. The number of ether oxygens (including phenoxy) is 2. The molecule has 0 aromatic heterocycles. The molecule has 0 saturated heterocycles. The van der Waals surface area contributed by atoms with E-state index in [9.17, 15) is 0 Å². The number of aliphatic imine (C=N–C) groups is 1. The fourth-order valence-electron chi connectivity index (χ4n) is 2.16. The molecule has 0 saturated carbocycles.